The van der Waals surface area contributed by atoms with Gasteiger partial charge in [-0.05, 0) is 13.8 Å². The summed E-state index contributed by atoms with van der Waals surface area (Å²) in [5.41, 5.74) is 0. The minimum absolute atomic E-state index is 0.219. The number of ether oxygens (including phenoxy) is 2. The number of nitrogens with zero attached hydrogens (tertiary/aromatic N) is 2. The van der Waals surface area contributed by atoms with Crippen LogP contribution in [0, 0.1) is 0 Å². The van der Waals surface area contributed by atoms with Gasteiger partial charge in [0.25, 0.3) is 0 Å². The Kier molecular flexibility index (Phi) is 4.79. The molecular weight excluding hydrogens is 276 g/mol. The van der Waals surface area contributed by atoms with E-state index in [0.29, 0.717) is 5.75 Å². The van der Waals surface area contributed by atoms with E-state index < -0.39 is 4.83 Å². The number of carbonyl (C=O) groups excluding carboxylic acids is 1. The molecule has 0 radical (unpaired) electrons. The minimum Gasteiger partial charge on any atom is -0.489 e. The zero-order chi connectivity index (χ0) is 12.1. The highest BCUT2D eigenvalue weighted by molar-refractivity contribution is 9.10. The summed E-state index contributed by atoms with van der Waals surface area (Å²) in [6.07, 6.45) is 3.42. The van der Waals surface area contributed by atoms with Gasteiger partial charge >= 0.3 is 5.97 Å². The standard InChI is InChI=1S/C10H15BrN2O3/c1-7(2)13-5-8(4-12-13)16-6-9(11)10(14)15-3/h4-5,7,9H,6H2,1-3H3. The van der Waals surface area contributed by atoms with Gasteiger partial charge in [0, 0.05) is 6.04 Å². The van der Waals surface area contributed by atoms with Gasteiger partial charge in [0.1, 0.15) is 11.4 Å². The third kappa shape index (κ3) is 3.52. The van der Waals surface area contributed by atoms with Crippen LogP contribution in [0.2, 0.25) is 0 Å². The monoisotopic (exact) mass is 290 g/mol. The molecule has 0 bridgehead atoms. The second-order valence-electron chi connectivity index (χ2n) is 3.55. The van der Waals surface area contributed by atoms with Crippen molar-refractivity contribution in [1.82, 2.24) is 9.78 Å². The molecule has 1 heterocycles. The molecule has 1 aromatic heterocycles. The number of aromatic nitrogens is 2. The first kappa shape index (κ1) is 13.0. The fraction of sp³-hybridized carbons (Fsp3) is 0.600. The molecular formula is C10H15BrN2O3. The second-order valence-corrected chi connectivity index (χ2v) is 4.66. The zero-order valence-corrected chi connectivity index (χ0v) is 11.1. The number of esters is 1. The quantitative estimate of drug-likeness (QED) is 0.613. The number of carbonyl (C=O) groups is 1. The first-order valence-corrected chi connectivity index (χ1v) is 5.85. The topological polar surface area (TPSA) is 53.4 Å². The molecule has 5 nitrogen and oxygen atoms in total. The van der Waals surface area contributed by atoms with E-state index in [1.54, 1.807) is 17.1 Å². The van der Waals surface area contributed by atoms with E-state index in [-0.39, 0.29) is 18.6 Å². The van der Waals surface area contributed by atoms with Gasteiger partial charge in [0.15, 0.2) is 5.75 Å². The van der Waals surface area contributed by atoms with Gasteiger partial charge in [-0.15, -0.1) is 0 Å². The summed E-state index contributed by atoms with van der Waals surface area (Å²) in [4.78, 5) is 10.6. The van der Waals surface area contributed by atoms with Crippen LogP contribution < -0.4 is 4.74 Å². The highest BCUT2D eigenvalue weighted by Crippen LogP contribution is 2.14. The molecule has 1 unspecified atom stereocenters. The maximum Gasteiger partial charge on any atom is 0.322 e. The average Bonchev–Trinajstić information content (AvgIpc) is 2.73. The van der Waals surface area contributed by atoms with E-state index in [2.05, 4.69) is 25.8 Å². The van der Waals surface area contributed by atoms with Crippen molar-refractivity contribution in [1.29, 1.82) is 0 Å². The van der Waals surface area contributed by atoms with Crippen molar-refractivity contribution in [2.24, 2.45) is 0 Å². The van der Waals surface area contributed by atoms with Crippen LogP contribution in [0.25, 0.3) is 0 Å². The van der Waals surface area contributed by atoms with Crippen LogP contribution in [0.5, 0.6) is 5.75 Å². The Balaban J connectivity index is 2.45. The van der Waals surface area contributed by atoms with Crippen LogP contribution in [-0.4, -0.2) is 34.3 Å². The molecule has 0 saturated heterocycles. The van der Waals surface area contributed by atoms with E-state index in [0.717, 1.165) is 0 Å². The van der Waals surface area contributed by atoms with Crippen LogP contribution in [-0.2, 0) is 9.53 Å². The van der Waals surface area contributed by atoms with Crippen LogP contribution in [0.4, 0.5) is 0 Å². The Morgan fingerprint density at radius 3 is 2.81 bits per heavy atom. The van der Waals surface area contributed by atoms with Crippen molar-refractivity contribution in [2.75, 3.05) is 13.7 Å². The maximum absolute atomic E-state index is 11.1. The Morgan fingerprint density at radius 1 is 1.62 bits per heavy atom. The minimum atomic E-state index is -0.458. The Hall–Kier alpha value is -1.04. The van der Waals surface area contributed by atoms with Crippen molar-refractivity contribution < 1.29 is 14.3 Å². The largest absolute Gasteiger partial charge is 0.489 e. The van der Waals surface area contributed by atoms with E-state index in [9.17, 15) is 4.79 Å². The average molecular weight is 291 g/mol. The number of methoxy groups -OCH3 is 1. The fourth-order valence-electron chi connectivity index (χ4n) is 1.04. The molecule has 0 fully saturated rings. The molecule has 0 aliphatic carbocycles. The fourth-order valence-corrected chi connectivity index (χ4v) is 1.36. The van der Waals surface area contributed by atoms with Crippen LogP contribution in [0.15, 0.2) is 12.4 Å². The Labute approximate surface area is 103 Å². The first-order valence-electron chi connectivity index (χ1n) is 4.93. The molecule has 1 aromatic rings. The van der Waals surface area contributed by atoms with Crippen molar-refractivity contribution in [3.05, 3.63) is 12.4 Å². The van der Waals surface area contributed by atoms with Crippen molar-refractivity contribution in [2.45, 2.75) is 24.7 Å². The molecule has 0 aliphatic heterocycles. The lowest BCUT2D eigenvalue weighted by atomic mass is 10.4. The highest BCUT2D eigenvalue weighted by Gasteiger charge is 2.16. The van der Waals surface area contributed by atoms with E-state index in [1.165, 1.54) is 7.11 Å². The van der Waals surface area contributed by atoms with Gasteiger partial charge in [-0.2, -0.15) is 5.10 Å². The predicted molar refractivity (Wildman–Crippen MR) is 62.8 cm³/mol. The van der Waals surface area contributed by atoms with Gasteiger partial charge in [-0.1, -0.05) is 15.9 Å². The normalized spacial score (nSPS) is 12.6. The van der Waals surface area contributed by atoms with Crippen LogP contribution in [0.1, 0.15) is 19.9 Å². The molecule has 1 rings (SSSR count). The van der Waals surface area contributed by atoms with Gasteiger partial charge < -0.3 is 9.47 Å². The first-order chi connectivity index (χ1) is 7.54. The Morgan fingerprint density at radius 2 is 2.31 bits per heavy atom. The summed E-state index contributed by atoms with van der Waals surface area (Å²) in [5, 5.41) is 4.12. The predicted octanol–water partition coefficient (Wildman–Crippen LogP) is 1.78. The van der Waals surface area contributed by atoms with Gasteiger partial charge in [0.2, 0.25) is 0 Å². The number of alkyl halides is 1. The molecule has 16 heavy (non-hydrogen) atoms. The van der Waals surface area contributed by atoms with Crippen molar-refractivity contribution in [3.63, 3.8) is 0 Å². The van der Waals surface area contributed by atoms with Crippen LogP contribution in [0.3, 0.4) is 0 Å². The second kappa shape index (κ2) is 5.89. The van der Waals surface area contributed by atoms with E-state index in [1.807, 2.05) is 13.8 Å². The lowest BCUT2D eigenvalue weighted by molar-refractivity contribution is -0.140. The molecule has 0 spiro atoms. The number of halogens is 1. The molecule has 90 valence electrons. The summed E-state index contributed by atoms with van der Waals surface area (Å²) in [7, 11) is 1.34. The lowest BCUT2D eigenvalue weighted by Crippen LogP contribution is -2.22. The number of rotatable bonds is 5. The summed E-state index contributed by atoms with van der Waals surface area (Å²) in [5.74, 6) is 0.290. The molecule has 0 aromatic carbocycles. The maximum atomic E-state index is 11.1. The summed E-state index contributed by atoms with van der Waals surface area (Å²) in [6.45, 7) is 4.27. The number of hydrogen-bond donors (Lipinski definition) is 0. The lowest BCUT2D eigenvalue weighted by Gasteiger charge is -2.08. The molecule has 0 aliphatic rings. The summed E-state index contributed by atoms with van der Waals surface area (Å²) >= 11 is 3.17. The van der Waals surface area contributed by atoms with Crippen LogP contribution >= 0.6 is 15.9 Å². The van der Waals surface area contributed by atoms with Crippen molar-refractivity contribution in [3.8, 4) is 5.75 Å². The molecule has 1 atom stereocenters. The molecule has 0 amide bonds. The zero-order valence-electron chi connectivity index (χ0n) is 9.51. The summed E-state index contributed by atoms with van der Waals surface area (Å²) < 4.78 is 11.7. The molecule has 0 saturated carbocycles. The van der Waals surface area contributed by atoms with Gasteiger partial charge in [-0.25, -0.2) is 0 Å². The SMILES string of the molecule is COC(=O)C(Br)COc1cnn(C(C)C)c1. The molecule has 6 heteroatoms. The van der Waals surface area contributed by atoms with E-state index in [4.69, 9.17) is 4.74 Å². The highest BCUT2D eigenvalue weighted by atomic mass is 79.9. The summed E-state index contributed by atoms with van der Waals surface area (Å²) in [6, 6.07) is 0.290. The van der Waals surface area contributed by atoms with E-state index >= 15 is 0 Å². The molecule has 0 N–H and O–H groups in total. The van der Waals surface area contributed by atoms with Gasteiger partial charge in [0.05, 0.1) is 19.5 Å². The third-order valence-corrected chi connectivity index (χ3v) is 2.60. The smallest absolute Gasteiger partial charge is 0.322 e. The van der Waals surface area contributed by atoms with Gasteiger partial charge in [-0.3, -0.25) is 9.48 Å². The Bertz CT molecular complexity index is 352. The third-order valence-electron chi connectivity index (χ3n) is 1.96. The van der Waals surface area contributed by atoms with Crippen molar-refractivity contribution >= 4 is 21.9 Å². The number of hydrogen-bond acceptors (Lipinski definition) is 4.